The molecule has 0 radical (unpaired) electrons. The molecule has 0 aromatic carbocycles. The minimum atomic E-state index is -1.63. The largest absolute Gasteiger partial charge is 0.477 e. The van der Waals surface area contributed by atoms with Gasteiger partial charge in [-0.05, 0) is 83.8 Å². The average Bonchev–Trinajstić information content (AvgIpc) is 4.09. The van der Waals surface area contributed by atoms with Crippen molar-refractivity contribution in [2.24, 2.45) is 34.4 Å². The highest BCUT2D eigenvalue weighted by molar-refractivity contribution is 5.99. The molecule has 1 aromatic heterocycles. The van der Waals surface area contributed by atoms with E-state index in [0.717, 1.165) is 0 Å². The Kier molecular flexibility index (Phi) is 29.1. The Balaban J connectivity index is 2.24. The van der Waals surface area contributed by atoms with Crippen LogP contribution in [0.1, 0.15) is 82.7 Å². The molecule has 0 unspecified atom stereocenters. The summed E-state index contributed by atoms with van der Waals surface area (Å²) in [5.74, 6) is -6.18. The van der Waals surface area contributed by atoms with Crippen molar-refractivity contribution < 1.29 is 53.4 Å². The average molecular weight is 1050 g/mol. The lowest BCUT2D eigenvalue weighted by Crippen LogP contribution is -2.61. The zero-order valence-electron chi connectivity index (χ0n) is 41.5. The third-order valence-corrected chi connectivity index (χ3v) is 11.5. The van der Waals surface area contributed by atoms with Crippen molar-refractivity contribution in [2.45, 2.75) is 132 Å². The molecule has 29 nitrogen and oxygen atoms in total. The van der Waals surface area contributed by atoms with E-state index in [2.05, 4.69) is 58.4 Å². The number of likely N-dealkylation sites (tertiary alicyclic amines) is 1. The minimum absolute atomic E-state index is 0.0233. The quantitative estimate of drug-likeness (QED) is 0.00988. The van der Waals surface area contributed by atoms with E-state index in [1.165, 1.54) is 23.5 Å². The first-order valence-electron chi connectivity index (χ1n) is 24.4. The summed E-state index contributed by atoms with van der Waals surface area (Å²) < 4.78 is 0. The van der Waals surface area contributed by atoms with Gasteiger partial charge in [-0.2, -0.15) is 0 Å². The number of aromatic amines is 1. The van der Waals surface area contributed by atoms with Gasteiger partial charge in [-0.25, -0.2) is 9.78 Å². The van der Waals surface area contributed by atoms with Gasteiger partial charge in [0.15, 0.2) is 5.96 Å². The molecule has 412 valence electrons. The maximum absolute atomic E-state index is 14.2. The lowest BCUT2D eigenvalue weighted by atomic mass is 10.1. The third kappa shape index (κ3) is 22.3. The fraction of sp³-hybridized carbons (Fsp3) is 0.622. The highest BCUT2D eigenvalue weighted by atomic mass is 16.4. The van der Waals surface area contributed by atoms with E-state index in [-0.39, 0.29) is 83.5 Å². The highest BCUT2D eigenvalue weighted by Crippen LogP contribution is 2.20. The van der Waals surface area contributed by atoms with Gasteiger partial charge in [-0.1, -0.05) is 12.5 Å². The van der Waals surface area contributed by atoms with Gasteiger partial charge in [-0.3, -0.25) is 43.8 Å². The van der Waals surface area contributed by atoms with Gasteiger partial charge in [0.1, 0.15) is 41.9 Å². The molecule has 29 heteroatoms. The number of terminal acetylenes is 1. The number of rotatable bonds is 35. The normalized spacial score (nSPS) is 16.1. The van der Waals surface area contributed by atoms with Crippen LogP contribution in [0.5, 0.6) is 0 Å². The number of hydrogen-bond donors (Lipinski definition) is 18. The van der Waals surface area contributed by atoms with Gasteiger partial charge in [0.05, 0.1) is 25.0 Å². The van der Waals surface area contributed by atoms with Crippen molar-refractivity contribution in [2.75, 3.05) is 45.8 Å². The van der Waals surface area contributed by atoms with Crippen LogP contribution in [0, 0.1) is 17.8 Å². The van der Waals surface area contributed by atoms with Crippen molar-refractivity contribution >= 4 is 59.2 Å². The third-order valence-electron chi connectivity index (χ3n) is 11.5. The Morgan fingerprint density at radius 2 is 1.49 bits per heavy atom. The topological polar surface area (TPSA) is 502 Å². The first kappa shape index (κ1) is 62.9. The van der Waals surface area contributed by atoms with Crippen LogP contribution in [0.15, 0.2) is 24.3 Å². The van der Waals surface area contributed by atoms with E-state index >= 15 is 0 Å². The SMILES string of the molecule is C#CC[C@H](NC(=O)[C@@H](NC(=O)[C@@H](N)CCCCN)[C@@H](O)CN)C(=O)NCC(=O)N[C@H](CCCN)C(=O)N1CCC[C@H]1C(=O)N[C@@H](Cc1cnc[nH]1)C(=O)N[C@@H](CCCCN)C(=O)N/C(=C\CCNC(=N)N)C(=O)O. The predicted octanol–water partition coefficient (Wildman–Crippen LogP) is -6.89. The molecule has 0 aliphatic carbocycles. The molecule has 74 heavy (non-hydrogen) atoms. The number of nitrogens with zero attached hydrogens (tertiary/aromatic N) is 2. The number of aliphatic hydroxyl groups excluding tert-OH is 1. The fourth-order valence-corrected chi connectivity index (χ4v) is 7.54. The molecule has 8 amide bonds. The van der Waals surface area contributed by atoms with Crippen LogP contribution in [-0.4, -0.2) is 178 Å². The van der Waals surface area contributed by atoms with Crippen LogP contribution in [0.2, 0.25) is 0 Å². The summed E-state index contributed by atoms with van der Waals surface area (Å²) in [7, 11) is 0. The number of carboxylic acid groups (broad SMARTS) is 1. The zero-order chi connectivity index (χ0) is 55.2. The van der Waals surface area contributed by atoms with Crippen molar-refractivity contribution in [1.29, 1.82) is 5.41 Å². The van der Waals surface area contributed by atoms with Gasteiger partial charge < -0.3 is 97.0 Å². The number of carbonyl (C=O) groups is 9. The minimum Gasteiger partial charge on any atom is -0.477 e. The Morgan fingerprint density at radius 1 is 0.824 bits per heavy atom. The van der Waals surface area contributed by atoms with Crippen molar-refractivity contribution in [3.63, 3.8) is 0 Å². The van der Waals surface area contributed by atoms with Gasteiger partial charge in [0, 0.05) is 44.4 Å². The number of carboxylic acids is 1. The lowest BCUT2D eigenvalue weighted by Gasteiger charge is -2.30. The van der Waals surface area contributed by atoms with E-state index in [1.54, 1.807) is 0 Å². The highest BCUT2D eigenvalue weighted by Gasteiger charge is 2.40. The molecular weight excluding hydrogens is 969 g/mol. The van der Waals surface area contributed by atoms with E-state index in [1.807, 2.05) is 0 Å². The van der Waals surface area contributed by atoms with Gasteiger partial charge in [-0.15, -0.1) is 12.3 Å². The summed E-state index contributed by atoms with van der Waals surface area (Å²) in [5.41, 5.74) is 33.7. The summed E-state index contributed by atoms with van der Waals surface area (Å²) in [4.78, 5) is 129. The number of carbonyl (C=O) groups excluding carboxylic acids is 8. The van der Waals surface area contributed by atoms with Crippen LogP contribution in [0.4, 0.5) is 0 Å². The Bertz CT molecular complexity index is 2100. The predicted molar refractivity (Wildman–Crippen MR) is 269 cm³/mol. The standard InChI is InChI=1S/C45H76N18O11/c1-2-10-28(59-42(71)36(34(64)22-49)62-37(66)27(50)11-3-5-16-46)38(67)55-24-35(65)57-30(13-7-18-48)43(72)63-20-9-15-33(63)41(70)61-32(21-26-23-53-25-56-26)40(69)58-29(12-4-6-17-47)39(68)60-31(44(73)74)14-8-19-54-45(51)52/h1,14,23,25,27-30,32-34,36,64H,3-13,15-22,24,46-50H2,(H,53,56)(H,55,67)(H,57,65)(H,58,69)(H,59,71)(H,60,68)(H,61,70)(H,62,66)(H,73,74)(H4,51,52,54)/b31-14-/t27-,28-,29-,30+,32-,33-,34-,36-/m0/s1. The summed E-state index contributed by atoms with van der Waals surface area (Å²) >= 11 is 0. The Labute approximate surface area is 428 Å². The molecule has 1 fully saturated rings. The second-order valence-electron chi connectivity index (χ2n) is 17.3. The Hall–Kier alpha value is -7.23. The number of nitrogens with one attached hydrogen (secondary N) is 10. The molecular formula is C45H76N18O11. The number of H-pyrrole nitrogens is 1. The van der Waals surface area contributed by atoms with Crippen LogP contribution in [0.3, 0.4) is 0 Å². The molecule has 2 rings (SSSR count). The van der Waals surface area contributed by atoms with Gasteiger partial charge in [0.25, 0.3) is 0 Å². The second-order valence-corrected chi connectivity index (χ2v) is 17.3. The molecule has 8 atom stereocenters. The smallest absolute Gasteiger partial charge is 0.352 e. The molecule has 1 aliphatic rings. The van der Waals surface area contributed by atoms with Crippen LogP contribution < -0.4 is 76.9 Å². The molecule has 1 aromatic rings. The number of aliphatic carboxylic acids is 1. The second kappa shape index (κ2) is 34.2. The number of guanidine groups is 1. The lowest BCUT2D eigenvalue weighted by molar-refractivity contribution is -0.142. The summed E-state index contributed by atoms with van der Waals surface area (Å²) in [6.07, 6.45) is 10.4. The maximum atomic E-state index is 14.2. The molecule has 0 saturated carbocycles. The van der Waals surface area contributed by atoms with E-state index < -0.39 is 120 Å². The van der Waals surface area contributed by atoms with Crippen molar-refractivity contribution in [3.8, 4) is 12.3 Å². The number of hydrogen-bond acceptors (Lipinski definition) is 17. The molecule has 1 saturated heterocycles. The summed E-state index contributed by atoms with van der Waals surface area (Å²) in [6, 6.07) is -9.15. The van der Waals surface area contributed by atoms with Crippen LogP contribution in [-0.2, 0) is 49.6 Å². The number of unbranched alkanes of at least 4 members (excludes halogenated alkanes) is 2. The number of aromatic nitrogens is 2. The molecule has 1 aliphatic heterocycles. The Morgan fingerprint density at radius 3 is 2.09 bits per heavy atom. The number of aliphatic hydroxyl groups is 1. The molecule has 0 spiro atoms. The van der Waals surface area contributed by atoms with Crippen LogP contribution in [0.25, 0.3) is 0 Å². The first-order chi connectivity index (χ1) is 35.3. The van der Waals surface area contributed by atoms with Crippen molar-refractivity contribution in [3.05, 3.63) is 30.0 Å². The number of nitrogens with two attached hydrogens (primary N) is 6. The molecule has 0 bridgehead atoms. The summed E-state index contributed by atoms with van der Waals surface area (Å²) in [5, 5.41) is 47.3. The summed E-state index contributed by atoms with van der Waals surface area (Å²) in [6.45, 7) is -0.205. The number of imidazole rings is 1. The zero-order valence-corrected chi connectivity index (χ0v) is 41.5. The van der Waals surface area contributed by atoms with Gasteiger partial charge >= 0.3 is 5.97 Å². The first-order valence-corrected chi connectivity index (χ1v) is 24.4. The van der Waals surface area contributed by atoms with E-state index in [0.29, 0.717) is 44.3 Å². The van der Waals surface area contributed by atoms with E-state index in [9.17, 15) is 53.4 Å². The van der Waals surface area contributed by atoms with Crippen LogP contribution >= 0.6 is 0 Å². The monoisotopic (exact) mass is 1040 g/mol. The fourth-order valence-electron chi connectivity index (χ4n) is 7.54. The van der Waals surface area contributed by atoms with Gasteiger partial charge in [0.2, 0.25) is 47.3 Å². The number of amides is 8. The van der Waals surface area contributed by atoms with E-state index in [4.69, 9.17) is 46.2 Å². The molecule has 24 N–H and O–H groups in total. The van der Waals surface area contributed by atoms with Crippen molar-refractivity contribution in [1.82, 2.24) is 57.4 Å². The molecule has 2 heterocycles. The maximum Gasteiger partial charge on any atom is 0.352 e.